The fourth-order valence-electron chi connectivity index (χ4n) is 3.58. The van der Waals surface area contributed by atoms with Crippen molar-refractivity contribution in [2.24, 2.45) is 5.92 Å². The molecular formula is C20H24ClF2N5O2. The molecule has 0 radical (unpaired) electrons. The highest BCUT2D eigenvalue weighted by atomic mass is 35.5. The van der Waals surface area contributed by atoms with Crippen LogP contribution in [-0.2, 0) is 0 Å². The van der Waals surface area contributed by atoms with Crippen LogP contribution in [0.3, 0.4) is 0 Å². The molecule has 162 valence electrons. The first kappa shape index (κ1) is 22.2. The largest absolute Gasteiger partial charge is 0.435 e. The van der Waals surface area contributed by atoms with Crippen LogP contribution in [0.15, 0.2) is 24.3 Å². The number of ether oxygens (including phenoxy) is 1. The minimum atomic E-state index is -2.93. The number of hydrogen-bond donors (Lipinski definition) is 3. The maximum absolute atomic E-state index is 12.5. The standard InChI is InChI=1S/C20H24ClF2N5O2/c1-20(2,29)12-6-8-28(9-7-12)17-15(11-24)16(26-18(21)27-17)25-13-4-3-5-14(10-13)30-19(22)23/h3-5,10-12,19,24,29H,6-9H2,1-2H3,(H,25,26,27). The fourth-order valence-corrected chi connectivity index (χ4v) is 3.75. The Hall–Kier alpha value is -2.52. The first-order valence-electron chi connectivity index (χ1n) is 9.54. The van der Waals surface area contributed by atoms with Crippen molar-refractivity contribution in [1.29, 1.82) is 5.41 Å². The number of hydrogen-bond acceptors (Lipinski definition) is 7. The highest BCUT2D eigenvalue weighted by molar-refractivity contribution is 6.28. The molecular weight excluding hydrogens is 416 g/mol. The molecule has 3 rings (SSSR count). The van der Waals surface area contributed by atoms with E-state index in [0.717, 1.165) is 19.1 Å². The number of alkyl halides is 2. The van der Waals surface area contributed by atoms with Gasteiger partial charge in [-0.2, -0.15) is 18.7 Å². The van der Waals surface area contributed by atoms with Crippen LogP contribution in [0, 0.1) is 11.3 Å². The molecule has 1 aromatic carbocycles. The van der Waals surface area contributed by atoms with Crippen molar-refractivity contribution in [3.05, 3.63) is 35.1 Å². The molecule has 0 saturated carbocycles. The summed E-state index contributed by atoms with van der Waals surface area (Å²) in [6.07, 6.45) is 2.69. The first-order chi connectivity index (χ1) is 14.2. The summed E-state index contributed by atoms with van der Waals surface area (Å²) in [7, 11) is 0. The number of nitrogens with one attached hydrogen (secondary N) is 2. The SMILES string of the molecule is CC(C)(O)C1CCN(c2nc(Cl)nc(Nc3cccc(OC(F)F)c3)c2C=N)CC1. The lowest BCUT2D eigenvalue weighted by atomic mass is 9.83. The van der Waals surface area contributed by atoms with Crippen molar-refractivity contribution in [3.63, 3.8) is 0 Å². The number of rotatable bonds is 7. The second-order valence-corrected chi connectivity index (χ2v) is 8.01. The van der Waals surface area contributed by atoms with Crippen molar-refractivity contribution in [2.45, 2.75) is 38.9 Å². The predicted octanol–water partition coefficient (Wildman–Crippen LogP) is 4.46. The predicted molar refractivity (Wildman–Crippen MR) is 113 cm³/mol. The van der Waals surface area contributed by atoms with Gasteiger partial charge in [0.1, 0.15) is 17.4 Å². The van der Waals surface area contributed by atoms with Crippen molar-refractivity contribution in [1.82, 2.24) is 9.97 Å². The number of aromatic nitrogens is 2. The van der Waals surface area contributed by atoms with Gasteiger partial charge in [0.25, 0.3) is 0 Å². The van der Waals surface area contributed by atoms with E-state index in [9.17, 15) is 13.9 Å². The molecule has 7 nitrogen and oxygen atoms in total. The van der Waals surface area contributed by atoms with E-state index in [-0.39, 0.29) is 17.0 Å². The van der Waals surface area contributed by atoms with E-state index >= 15 is 0 Å². The van der Waals surface area contributed by atoms with Crippen LogP contribution < -0.4 is 15.0 Å². The summed E-state index contributed by atoms with van der Waals surface area (Å²) in [5.74, 6) is 0.977. The van der Waals surface area contributed by atoms with Gasteiger partial charge in [0.2, 0.25) is 5.28 Å². The highest BCUT2D eigenvalue weighted by Crippen LogP contribution is 2.33. The fraction of sp³-hybridized carbons (Fsp3) is 0.450. The van der Waals surface area contributed by atoms with Gasteiger partial charge in [-0.1, -0.05) is 6.07 Å². The molecule has 3 N–H and O–H groups in total. The summed E-state index contributed by atoms with van der Waals surface area (Å²) >= 11 is 6.14. The van der Waals surface area contributed by atoms with Gasteiger partial charge >= 0.3 is 6.61 Å². The Labute approximate surface area is 178 Å². The smallest absolute Gasteiger partial charge is 0.387 e. The van der Waals surface area contributed by atoms with E-state index < -0.39 is 12.2 Å². The molecule has 1 aliphatic rings. The summed E-state index contributed by atoms with van der Waals surface area (Å²) in [5, 5.41) is 21.2. The average molecular weight is 440 g/mol. The van der Waals surface area contributed by atoms with E-state index in [0.29, 0.717) is 36.0 Å². The zero-order valence-corrected chi connectivity index (χ0v) is 17.5. The Morgan fingerprint density at radius 1 is 1.33 bits per heavy atom. The van der Waals surface area contributed by atoms with E-state index in [1.165, 1.54) is 12.1 Å². The maximum atomic E-state index is 12.5. The molecule has 0 bridgehead atoms. The van der Waals surface area contributed by atoms with Crippen molar-refractivity contribution in [3.8, 4) is 5.75 Å². The Balaban J connectivity index is 1.86. The van der Waals surface area contributed by atoms with Crippen LogP contribution in [0.25, 0.3) is 0 Å². The van der Waals surface area contributed by atoms with Gasteiger partial charge in [-0.25, -0.2) is 0 Å². The number of halogens is 3. The van der Waals surface area contributed by atoms with E-state index in [1.807, 2.05) is 18.7 Å². The van der Waals surface area contributed by atoms with Crippen LogP contribution in [0.5, 0.6) is 5.75 Å². The lowest BCUT2D eigenvalue weighted by molar-refractivity contribution is -0.0498. The van der Waals surface area contributed by atoms with E-state index in [1.54, 1.807) is 12.1 Å². The Bertz CT molecular complexity index is 899. The van der Waals surface area contributed by atoms with Gasteiger partial charge < -0.3 is 25.5 Å². The molecule has 0 atom stereocenters. The third-order valence-electron chi connectivity index (χ3n) is 5.16. The summed E-state index contributed by atoms with van der Waals surface area (Å²) in [6.45, 7) is 2.00. The summed E-state index contributed by atoms with van der Waals surface area (Å²) in [6, 6.07) is 6.05. The van der Waals surface area contributed by atoms with Gasteiger partial charge in [0.15, 0.2) is 0 Å². The quantitative estimate of drug-likeness (QED) is 0.435. The molecule has 1 aromatic heterocycles. The Morgan fingerprint density at radius 2 is 2.03 bits per heavy atom. The first-order valence-corrected chi connectivity index (χ1v) is 9.92. The van der Waals surface area contributed by atoms with Crippen LogP contribution in [0.2, 0.25) is 5.28 Å². The monoisotopic (exact) mass is 439 g/mol. The third kappa shape index (κ3) is 5.34. The van der Waals surface area contributed by atoms with Crippen LogP contribution in [0.4, 0.5) is 26.1 Å². The minimum Gasteiger partial charge on any atom is -0.435 e. The average Bonchev–Trinajstić information content (AvgIpc) is 2.67. The van der Waals surface area contributed by atoms with Gasteiger partial charge in [0, 0.05) is 31.1 Å². The Kier molecular flexibility index (Phi) is 6.72. The number of nitrogens with zero attached hydrogens (tertiary/aromatic N) is 3. The number of piperidine rings is 1. The van der Waals surface area contributed by atoms with E-state index in [2.05, 4.69) is 20.0 Å². The summed E-state index contributed by atoms with van der Waals surface area (Å²) in [5.41, 5.74) is 0.136. The molecule has 1 fully saturated rings. The molecule has 0 spiro atoms. The molecule has 1 aliphatic heterocycles. The molecule has 1 saturated heterocycles. The minimum absolute atomic E-state index is 0.000435. The topological polar surface area (TPSA) is 94.4 Å². The second-order valence-electron chi connectivity index (χ2n) is 7.67. The van der Waals surface area contributed by atoms with Crippen molar-refractivity contribution >= 4 is 35.1 Å². The number of aliphatic hydroxyl groups is 1. The van der Waals surface area contributed by atoms with Gasteiger partial charge in [-0.05, 0) is 56.3 Å². The second kappa shape index (κ2) is 9.09. The third-order valence-corrected chi connectivity index (χ3v) is 5.33. The van der Waals surface area contributed by atoms with Crippen LogP contribution in [0.1, 0.15) is 32.3 Å². The highest BCUT2D eigenvalue weighted by Gasteiger charge is 2.32. The van der Waals surface area contributed by atoms with Crippen molar-refractivity contribution in [2.75, 3.05) is 23.3 Å². The molecule has 0 amide bonds. The lowest BCUT2D eigenvalue weighted by Gasteiger charge is -2.38. The summed E-state index contributed by atoms with van der Waals surface area (Å²) < 4.78 is 29.4. The molecule has 10 heteroatoms. The van der Waals surface area contributed by atoms with Gasteiger partial charge in [-0.3, -0.25) is 0 Å². The molecule has 0 aliphatic carbocycles. The normalized spacial score (nSPS) is 15.4. The maximum Gasteiger partial charge on any atom is 0.387 e. The molecule has 30 heavy (non-hydrogen) atoms. The summed E-state index contributed by atoms with van der Waals surface area (Å²) in [4.78, 5) is 10.5. The van der Waals surface area contributed by atoms with E-state index in [4.69, 9.17) is 17.0 Å². The Morgan fingerprint density at radius 3 is 2.63 bits per heavy atom. The van der Waals surface area contributed by atoms with Crippen LogP contribution in [-0.4, -0.2) is 46.6 Å². The van der Waals surface area contributed by atoms with Crippen LogP contribution >= 0.6 is 11.6 Å². The molecule has 2 aromatic rings. The lowest BCUT2D eigenvalue weighted by Crippen LogP contribution is -2.42. The van der Waals surface area contributed by atoms with Crippen molar-refractivity contribution < 1.29 is 18.6 Å². The zero-order valence-electron chi connectivity index (χ0n) is 16.7. The molecule has 0 unspecified atom stereocenters. The number of benzene rings is 1. The zero-order chi connectivity index (χ0) is 21.9. The molecule has 2 heterocycles. The number of anilines is 3. The van der Waals surface area contributed by atoms with Gasteiger partial charge in [0.05, 0.1) is 11.2 Å². The van der Waals surface area contributed by atoms with Gasteiger partial charge in [-0.15, -0.1) is 0 Å².